The average molecular weight is 434 g/mol. The van der Waals surface area contributed by atoms with Crippen LogP contribution < -0.4 is 5.01 Å². The van der Waals surface area contributed by atoms with E-state index in [0.29, 0.717) is 25.9 Å². The van der Waals surface area contributed by atoms with E-state index in [2.05, 4.69) is 5.10 Å². The molecule has 1 amide bonds. The van der Waals surface area contributed by atoms with E-state index >= 15 is 0 Å². The summed E-state index contributed by atoms with van der Waals surface area (Å²) in [6, 6.07) is 18.1. The Labute approximate surface area is 187 Å². The Morgan fingerprint density at radius 1 is 0.969 bits per heavy atom. The predicted molar refractivity (Wildman–Crippen MR) is 121 cm³/mol. The highest BCUT2D eigenvalue weighted by molar-refractivity contribution is 6.38. The van der Waals surface area contributed by atoms with E-state index in [4.69, 9.17) is 4.74 Å². The molecule has 7 nitrogen and oxygen atoms in total. The number of carbonyl (C=O) groups is 3. The van der Waals surface area contributed by atoms with E-state index in [9.17, 15) is 14.4 Å². The van der Waals surface area contributed by atoms with E-state index in [-0.39, 0.29) is 36.3 Å². The topological polar surface area (TPSA) is 79.3 Å². The Morgan fingerprint density at radius 2 is 1.59 bits per heavy atom. The molecule has 2 aromatic rings. The molecule has 0 N–H and O–H groups in total. The molecule has 4 rings (SSSR count). The van der Waals surface area contributed by atoms with Crippen LogP contribution in [0, 0.1) is 5.92 Å². The Hall–Kier alpha value is -3.48. The lowest BCUT2D eigenvalue weighted by molar-refractivity contribution is -0.135. The maximum atomic E-state index is 13.4. The van der Waals surface area contributed by atoms with Gasteiger partial charge in [0.2, 0.25) is 5.91 Å². The lowest BCUT2D eigenvalue weighted by atomic mass is 9.88. The molecule has 2 aromatic carbocycles. The second-order valence-corrected chi connectivity index (χ2v) is 8.00. The number of piperidine rings is 1. The second kappa shape index (κ2) is 9.77. The number of anilines is 1. The van der Waals surface area contributed by atoms with Gasteiger partial charge in [-0.25, -0.2) is 4.79 Å². The van der Waals surface area contributed by atoms with Gasteiger partial charge in [-0.15, -0.1) is 0 Å². The molecule has 2 heterocycles. The smallest absolute Gasteiger partial charge is 0.354 e. The minimum absolute atomic E-state index is 0.0810. The number of benzene rings is 2. The summed E-state index contributed by atoms with van der Waals surface area (Å²) in [6.07, 6.45) is 1.46. The van der Waals surface area contributed by atoms with E-state index in [1.165, 1.54) is 0 Å². The Kier molecular flexibility index (Phi) is 6.63. The SMILES string of the molecule is CCOC(=O)C1=NN(c2ccccc2)C(C(=O)N2CCC(C(=O)c3ccccc3)CC2)C1. The van der Waals surface area contributed by atoms with E-state index in [1.54, 1.807) is 16.8 Å². The normalized spacial score (nSPS) is 18.9. The predicted octanol–water partition coefficient (Wildman–Crippen LogP) is 3.31. The first-order valence-electron chi connectivity index (χ1n) is 11.1. The number of ketones is 1. The van der Waals surface area contributed by atoms with Crippen molar-refractivity contribution in [3.63, 3.8) is 0 Å². The van der Waals surface area contributed by atoms with E-state index in [1.807, 2.05) is 60.7 Å². The van der Waals surface area contributed by atoms with Gasteiger partial charge in [0.05, 0.1) is 12.3 Å². The molecular formula is C25H27N3O4. The van der Waals surface area contributed by atoms with Gasteiger partial charge in [-0.2, -0.15) is 5.10 Å². The van der Waals surface area contributed by atoms with Crippen molar-refractivity contribution in [2.24, 2.45) is 11.0 Å². The second-order valence-electron chi connectivity index (χ2n) is 8.00. The molecule has 1 fully saturated rings. The van der Waals surface area contributed by atoms with Gasteiger partial charge in [0, 0.05) is 31.0 Å². The summed E-state index contributed by atoms with van der Waals surface area (Å²) in [4.78, 5) is 40.3. The minimum atomic E-state index is -0.599. The fourth-order valence-electron chi connectivity index (χ4n) is 4.27. The molecule has 1 saturated heterocycles. The number of ether oxygens (including phenoxy) is 1. The number of nitrogens with zero attached hydrogens (tertiary/aromatic N) is 3. The third kappa shape index (κ3) is 4.56. The first-order chi connectivity index (χ1) is 15.6. The van der Waals surface area contributed by atoms with Crippen molar-refractivity contribution >= 4 is 29.1 Å². The molecule has 0 radical (unpaired) electrons. The van der Waals surface area contributed by atoms with Gasteiger partial charge in [0.15, 0.2) is 5.78 Å². The fraction of sp³-hybridized carbons (Fsp3) is 0.360. The minimum Gasteiger partial charge on any atom is -0.461 e. The van der Waals surface area contributed by atoms with Gasteiger partial charge < -0.3 is 9.64 Å². The summed E-state index contributed by atoms with van der Waals surface area (Å²) in [5.41, 5.74) is 1.72. The number of amides is 1. The molecule has 32 heavy (non-hydrogen) atoms. The maximum absolute atomic E-state index is 13.4. The number of carbonyl (C=O) groups excluding carboxylic acids is 3. The van der Waals surface area contributed by atoms with Crippen LogP contribution in [0.4, 0.5) is 5.69 Å². The summed E-state index contributed by atoms with van der Waals surface area (Å²) < 4.78 is 5.11. The van der Waals surface area contributed by atoms with Crippen LogP contribution >= 0.6 is 0 Å². The number of Topliss-reactive ketones (excluding diaryl/α,β-unsaturated/α-hetero) is 1. The summed E-state index contributed by atoms with van der Waals surface area (Å²) in [6.45, 7) is 3.02. The molecule has 2 aliphatic rings. The first kappa shape index (κ1) is 21.7. The Bertz CT molecular complexity index is 998. The zero-order valence-electron chi connectivity index (χ0n) is 18.1. The molecule has 0 spiro atoms. The number of esters is 1. The molecule has 7 heteroatoms. The van der Waals surface area contributed by atoms with Gasteiger partial charge in [-0.3, -0.25) is 14.6 Å². The zero-order valence-corrected chi connectivity index (χ0v) is 18.1. The number of hydrogen-bond donors (Lipinski definition) is 0. The van der Waals surface area contributed by atoms with Crippen molar-refractivity contribution < 1.29 is 19.1 Å². The highest BCUT2D eigenvalue weighted by Gasteiger charge is 2.40. The number of hydrogen-bond acceptors (Lipinski definition) is 6. The molecule has 166 valence electrons. The van der Waals surface area contributed by atoms with Crippen molar-refractivity contribution in [3.05, 3.63) is 66.2 Å². The molecule has 0 aliphatic carbocycles. The molecular weight excluding hydrogens is 406 g/mol. The monoisotopic (exact) mass is 433 g/mol. The maximum Gasteiger partial charge on any atom is 0.354 e. The van der Waals surface area contributed by atoms with Gasteiger partial charge in [0.25, 0.3) is 0 Å². The number of rotatable bonds is 6. The quantitative estimate of drug-likeness (QED) is 0.516. The highest BCUT2D eigenvalue weighted by Crippen LogP contribution is 2.28. The number of para-hydroxylation sites is 1. The molecule has 1 unspecified atom stereocenters. The largest absolute Gasteiger partial charge is 0.461 e. The number of likely N-dealkylation sites (tertiary alicyclic amines) is 1. The summed E-state index contributed by atoms with van der Waals surface area (Å²) in [5, 5.41) is 6.05. The van der Waals surface area contributed by atoms with Crippen LogP contribution in [0.3, 0.4) is 0 Å². The molecule has 0 saturated carbocycles. The van der Waals surface area contributed by atoms with Gasteiger partial charge in [0.1, 0.15) is 11.8 Å². The van der Waals surface area contributed by atoms with E-state index < -0.39 is 12.0 Å². The molecule has 1 atom stereocenters. The van der Waals surface area contributed by atoms with Crippen LogP contribution in [0.1, 0.15) is 36.5 Å². The average Bonchev–Trinajstić information content (AvgIpc) is 3.30. The van der Waals surface area contributed by atoms with Crippen molar-refractivity contribution in [2.75, 3.05) is 24.7 Å². The van der Waals surface area contributed by atoms with Crippen LogP contribution in [-0.2, 0) is 14.3 Å². The van der Waals surface area contributed by atoms with Crippen LogP contribution in [0.2, 0.25) is 0 Å². The first-order valence-corrected chi connectivity index (χ1v) is 11.1. The Morgan fingerprint density at radius 3 is 2.22 bits per heavy atom. The molecule has 0 aromatic heterocycles. The number of hydrazone groups is 1. The van der Waals surface area contributed by atoms with Gasteiger partial charge in [-0.05, 0) is 31.9 Å². The zero-order chi connectivity index (χ0) is 22.5. The lowest BCUT2D eigenvalue weighted by Gasteiger charge is -2.34. The fourth-order valence-corrected chi connectivity index (χ4v) is 4.27. The molecule has 0 bridgehead atoms. The van der Waals surface area contributed by atoms with Crippen LogP contribution in [0.25, 0.3) is 0 Å². The van der Waals surface area contributed by atoms with E-state index in [0.717, 1.165) is 11.3 Å². The lowest BCUT2D eigenvalue weighted by Crippen LogP contribution is -2.49. The van der Waals surface area contributed by atoms with Crippen molar-refractivity contribution in [3.8, 4) is 0 Å². The Balaban J connectivity index is 1.45. The standard InChI is InChI=1S/C25H27N3O4/c1-2-32-25(31)21-17-22(28(26-21)20-11-7-4-8-12-20)24(30)27-15-13-19(14-16-27)23(29)18-9-5-3-6-10-18/h3-12,19,22H,2,13-17H2,1H3. The van der Waals surface area contributed by atoms with Crippen molar-refractivity contribution in [1.82, 2.24) is 4.90 Å². The summed E-state index contributed by atoms with van der Waals surface area (Å²) in [5.74, 6) is -0.516. The van der Waals surface area contributed by atoms with Crippen LogP contribution in [-0.4, -0.2) is 54.0 Å². The highest BCUT2D eigenvalue weighted by atomic mass is 16.5. The summed E-state index contributed by atoms with van der Waals surface area (Å²) in [7, 11) is 0. The third-order valence-electron chi connectivity index (χ3n) is 5.96. The van der Waals surface area contributed by atoms with Gasteiger partial charge in [-0.1, -0.05) is 48.5 Å². The third-order valence-corrected chi connectivity index (χ3v) is 5.96. The van der Waals surface area contributed by atoms with Crippen molar-refractivity contribution in [1.29, 1.82) is 0 Å². The van der Waals surface area contributed by atoms with Crippen LogP contribution in [0.5, 0.6) is 0 Å². The van der Waals surface area contributed by atoms with Crippen molar-refractivity contribution in [2.45, 2.75) is 32.2 Å². The van der Waals surface area contributed by atoms with Gasteiger partial charge >= 0.3 is 5.97 Å². The van der Waals surface area contributed by atoms with Crippen LogP contribution in [0.15, 0.2) is 65.8 Å². The molecule has 2 aliphatic heterocycles. The summed E-state index contributed by atoms with van der Waals surface area (Å²) >= 11 is 0.